The molecule has 1 aliphatic heterocycles. The summed E-state index contributed by atoms with van der Waals surface area (Å²) in [6, 6.07) is 0.413. The van der Waals surface area contributed by atoms with Crippen LogP contribution in [0.5, 0.6) is 5.75 Å². The molecule has 7 heteroatoms. The van der Waals surface area contributed by atoms with E-state index >= 15 is 0 Å². The van der Waals surface area contributed by atoms with Crippen LogP contribution >= 0.6 is 0 Å². The first-order chi connectivity index (χ1) is 9.23. The second-order valence-corrected chi connectivity index (χ2v) is 5.21. The van der Waals surface area contributed by atoms with Crippen molar-refractivity contribution in [2.45, 2.75) is 25.4 Å². The van der Waals surface area contributed by atoms with Crippen molar-refractivity contribution in [3.63, 3.8) is 0 Å². The summed E-state index contributed by atoms with van der Waals surface area (Å²) < 4.78 is 39.8. The summed E-state index contributed by atoms with van der Waals surface area (Å²) in [5.41, 5.74) is -1.86. The molecule has 1 saturated heterocycles. The highest BCUT2D eigenvalue weighted by Crippen LogP contribution is 2.28. The number of likely N-dealkylation sites (tertiary alicyclic amines) is 1. The molecule has 1 aromatic carbocycles. The lowest BCUT2D eigenvalue weighted by atomic mass is 9.94. The number of aromatic hydroxyl groups is 1. The van der Waals surface area contributed by atoms with Gasteiger partial charge >= 0.3 is 0 Å². The van der Waals surface area contributed by atoms with Crippen LogP contribution in [0.4, 0.5) is 13.2 Å². The Labute approximate surface area is 113 Å². The number of hydrogen-bond donors (Lipinski definition) is 2. The van der Waals surface area contributed by atoms with Crippen LogP contribution in [-0.2, 0) is 0 Å². The van der Waals surface area contributed by atoms with Crippen LogP contribution in [0.1, 0.15) is 30.1 Å². The number of piperidine rings is 1. The van der Waals surface area contributed by atoms with Gasteiger partial charge in [0.2, 0.25) is 5.82 Å². The van der Waals surface area contributed by atoms with Crippen molar-refractivity contribution in [2.75, 3.05) is 13.1 Å². The highest BCUT2D eigenvalue weighted by atomic mass is 19.2. The van der Waals surface area contributed by atoms with Crippen molar-refractivity contribution < 1.29 is 28.2 Å². The molecule has 0 aromatic heterocycles. The second kappa shape index (κ2) is 4.97. The Morgan fingerprint density at radius 3 is 2.60 bits per heavy atom. The Morgan fingerprint density at radius 2 is 2.00 bits per heavy atom. The fourth-order valence-corrected chi connectivity index (χ4v) is 2.31. The van der Waals surface area contributed by atoms with Gasteiger partial charge in [0, 0.05) is 13.1 Å². The SMILES string of the molecule is CC1(O)CCCN(C(=O)c2cc(F)c(F)c(O)c2F)C1. The summed E-state index contributed by atoms with van der Waals surface area (Å²) in [5, 5.41) is 19.0. The average Bonchev–Trinajstić information content (AvgIpc) is 2.38. The minimum atomic E-state index is -1.73. The van der Waals surface area contributed by atoms with Crippen molar-refractivity contribution in [3.05, 3.63) is 29.1 Å². The van der Waals surface area contributed by atoms with Crippen LogP contribution in [0.15, 0.2) is 6.07 Å². The molecule has 2 N–H and O–H groups in total. The molecule has 1 fully saturated rings. The van der Waals surface area contributed by atoms with Crippen molar-refractivity contribution in [2.24, 2.45) is 0 Å². The molecule has 1 atom stereocenters. The Hall–Kier alpha value is -1.76. The van der Waals surface area contributed by atoms with E-state index in [9.17, 15) is 23.1 Å². The third-order valence-electron chi connectivity index (χ3n) is 3.33. The summed E-state index contributed by atoms with van der Waals surface area (Å²) in [5.74, 6) is -7.14. The third-order valence-corrected chi connectivity index (χ3v) is 3.33. The fourth-order valence-electron chi connectivity index (χ4n) is 2.31. The van der Waals surface area contributed by atoms with Crippen LogP contribution in [0.3, 0.4) is 0 Å². The zero-order chi connectivity index (χ0) is 15.1. The van der Waals surface area contributed by atoms with Crippen molar-refractivity contribution in [3.8, 4) is 5.75 Å². The summed E-state index contributed by atoms with van der Waals surface area (Å²) in [6.07, 6.45) is 0.998. The lowest BCUT2D eigenvalue weighted by Crippen LogP contribution is -2.48. The molecule has 20 heavy (non-hydrogen) atoms. The van der Waals surface area contributed by atoms with Crippen molar-refractivity contribution in [1.29, 1.82) is 0 Å². The summed E-state index contributed by atoms with van der Waals surface area (Å²) in [4.78, 5) is 13.3. The standard InChI is InChI=1S/C13H14F3NO3/c1-13(20)3-2-4-17(6-13)12(19)7-5-8(14)10(16)11(18)9(7)15/h5,18,20H,2-4,6H2,1H3. The predicted molar refractivity (Wildman–Crippen MR) is 63.7 cm³/mol. The molecule has 110 valence electrons. The third kappa shape index (κ3) is 2.58. The number of phenolic OH excluding ortho intramolecular Hbond substituents is 1. The van der Waals surface area contributed by atoms with E-state index in [-0.39, 0.29) is 13.1 Å². The molecule has 0 radical (unpaired) electrons. The number of aliphatic hydroxyl groups is 1. The van der Waals surface area contributed by atoms with Gasteiger partial charge in [-0.1, -0.05) is 0 Å². The highest BCUT2D eigenvalue weighted by molar-refractivity contribution is 5.95. The zero-order valence-electron chi connectivity index (χ0n) is 10.8. The molecule has 0 saturated carbocycles. The van der Waals surface area contributed by atoms with Gasteiger partial charge in [0.25, 0.3) is 5.91 Å². The van der Waals surface area contributed by atoms with Gasteiger partial charge in [-0.05, 0) is 25.8 Å². The van der Waals surface area contributed by atoms with E-state index in [0.717, 1.165) is 4.90 Å². The van der Waals surface area contributed by atoms with Crippen LogP contribution in [0.25, 0.3) is 0 Å². The van der Waals surface area contributed by atoms with Crippen LogP contribution in [0, 0.1) is 17.5 Å². The lowest BCUT2D eigenvalue weighted by Gasteiger charge is -2.36. The van der Waals surface area contributed by atoms with Crippen LogP contribution in [0.2, 0.25) is 0 Å². The molecule has 0 spiro atoms. The first-order valence-corrected chi connectivity index (χ1v) is 6.11. The van der Waals surface area contributed by atoms with E-state index in [1.165, 1.54) is 6.92 Å². The second-order valence-electron chi connectivity index (χ2n) is 5.21. The van der Waals surface area contributed by atoms with Crippen molar-refractivity contribution >= 4 is 5.91 Å². The average molecular weight is 289 g/mol. The molecule has 2 rings (SSSR count). The fraction of sp³-hybridized carbons (Fsp3) is 0.462. The molecule has 1 aliphatic rings. The van der Waals surface area contributed by atoms with Gasteiger partial charge in [-0.15, -0.1) is 0 Å². The smallest absolute Gasteiger partial charge is 0.257 e. The zero-order valence-corrected chi connectivity index (χ0v) is 10.8. The van der Waals surface area contributed by atoms with Gasteiger partial charge in [-0.25, -0.2) is 8.78 Å². The largest absolute Gasteiger partial charge is 0.503 e. The van der Waals surface area contributed by atoms with Crippen LogP contribution in [-0.4, -0.2) is 39.7 Å². The molecule has 0 bridgehead atoms. The van der Waals surface area contributed by atoms with E-state index in [2.05, 4.69) is 0 Å². The van der Waals surface area contributed by atoms with Crippen LogP contribution < -0.4 is 0 Å². The number of β-amino-alcohol motifs (C(OH)–C–C–N with tert-alkyl or cyclic N) is 1. The first kappa shape index (κ1) is 14.6. The maximum atomic E-state index is 13.7. The molecular weight excluding hydrogens is 275 g/mol. The number of halogens is 3. The molecule has 1 aromatic rings. The molecular formula is C13H14F3NO3. The van der Waals surface area contributed by atoms with Gasteiger partial charge in [0.1, 0.15) is 0 Å². The minimum absolute atomic E-state index is 0.0367. The van der Waals surface area contributed by atoms with E-state index in [0.29, 0.717) is 18.9 Å². The normalized spacial score (nSPS) is 22.9. The summed E-state index contributed by atoms with van der Waals surface area (Å²) in [7, 11) is 0. The molecule has 0 aliphatic carbocycles. The van der Waals surface area contributed by atoms with E-state index in [1.54, 1.807) is 0 Å². The van der Waals surface area contributed by atoms with Gasteiger partial charge in [-0.3, -0.25) is 4.79 Å². The predicted octanol–water partition coefficient (Wildman–Crippen LogP) is 1.80. The van der Waals surface area contributed by atoms with E-state index in [4.69, 9.17) is 5.11 Å². The van der Waals surface area contributed by atoms with Crippen molar-refractivity contribution in [1.82, 2.24) is 4.90 Å². The number of carbonyl (C=O) groups excluding carboxylic acids is 1. The monoisotopic (exact) mass is 289 g/mol. The summed E-state index contributed by atoms with van der Waals surface area (Å²) in [6.45, 7) is 1.77. The van der Waals surface area contributed by atoms with Gasteiger partial charge in [0.05, 0.1) is 11.2 Å². The molecule has 1 amide bonds. The quantitative estimate of drug-likeness (QED) is 0.775. The number of hydrogen-bond acceptors (Lipinski definition) is 3. The summed E-state index contributed by atoms with van der Waals surface area (Å²) >= 11 is 0. The minimum Gasteiger partial charge on any atom is -0.503 e. The van der Waals surface area contributed by atoms with E-state index < -0.39 is 40.3 Å². The number of rotatable bonds is 1. The number of nitrogens with zero attached hydrogens (tertiary/aromatic N) is 1. The van der Waals surface area contributed by atoms with Gasteiger partial charge in [-0.2, -0.15) is 4.39 Å². The Kier molecular flexibility index (Phi) is 3.64. The first-order valence-electron chi connectivity index (χ1n) is 6.11. The molecule has 1 unspecified atom stereocenters. The number of benzene rings is 1. The maximum Gasteiger partial charge on any atom is 0.257 e. The Balaban J connectivity index is 2.35. The Morgan fingerprint density at radius 1 is 1.35 bits per heavy atom. The lowest BCUT2D eigenvalue weighted by molar-refractivity contribution is -0.0109. The maximum absolute atomic E-state index is 13.7. The highest BCUT2D eigenvalue weighted by Gasteiger charge is 2.33. The molecule has 4 nitrogen and oxygen atoms in total. The van der Waals surface area contributed by atoms with Gasteiger partial charge in [0.15, 0.2) is 17.4 Å². The Bertz CT molecular complexity index is 560. The molecule has 1 heterocycles. The number of amides is 1. The topological polar surface area (TPSA) is 60.8 Å². The number of phenols is 1. The van der Waals surface area contributed by atoms with E-state index in [1.807, 2.05) is 0 Å². The number of carbonyl (C=O) groups is 1. The van der Waals surface area contributed by atoms with Gasteiger partial charge < -0.3 is 15.1 Å².